The van der Waals surface area contributed by atoms with Crippen LogP contribution in [0.1, 0.15) is 28.0 Å². The van der Waals surface area contributed by atoms with Crippen molar-refractivity contribution in [3.63, 3.8) is 0 Å². The first-order valence-electron chi connectivity index (χ1n) is 9.64. The molecule has 0 amide bonds. The average Bonchev–Trinajstić information content (AvgIpc) is 3.22. The molecule has 32 heavy (non-hydrogen) atoms. The van der Waals surface area contributed by atoms with Crippen LogP contribution in [-0.2, 0) is 11.2 Å². The van der Waals surface area contributed by atoms with Gasteiger partial charge in [-0.15, -0.1) is 24.5 Å². The number of methoxy groups -OCH3 is 1. The van der Waals surface area contributed by atoms with Crippen molar-refractivity contribution in [1.29, 1.82) is 0 Å². The summed E-state index contributed by atoms with van der Waals surface area (Å²) in [5, 5.41) is 2.70. The number of nitrogens with zero attached hydrogens (tertiary/aromatic N) is 1. The largest absolute Gasteiger partial charge is 0.573 e. The van der Waals surface area contributed by atoms with Gasteiger partial charge in [0.15, 0.2) is 0 Å². The molecule has 0 bridgehead atoms. The van der Waals surface area contributed by atoms with Crippen LogP contribution in [0.4, 0.5) is 13.2 Å². The molecule has 0 aliphatic heterocycles. The third-order valence-corrected chi connectivity index (χ3v) is 6.18. The van der Waals surface area contributed by atoms with Crippen LogP contribution in [0, 0.1) is 6.92 Å². The summed E-state index contributed by atoms with van der Waals surface area (Å²) in [4.78, 5) is 17.3. The van der Waals surface area contributed by atoms with Crippen molar-refractivity contribution in [3.8, 4) is 16.3 Å². The molecule has 5 nitrogen and oxygen atoms in total. The van der Waals surface area contributed by atoms with Crippen LogP contribution >= 0.6 is 23.3 Å². The predicted octanol–water partition coefficient (Wildman–Crippen LogP) is 6.03. The minimum atomic E-state index is -4.70. The first-order valence-corrected chi connectivity index (χ1v) is 11.3. The lowest BCUT2D eigenvalue weighted by atomic mass is 10.1. The smallest absolute Gasteiger partial charge is 0.465 e. The average molecular weight is 483 g/mol. The Kier molecular flexibility index (Phi) is 8.16. The van der Waals surface area contributed by atoms with Crippen molar-refractivity contribution in [3.05, 3.63) is 64.7 Å². The van der Waals surface area contributed by atoms with E-state index < -0.39 is 6.36 Å². The predicted molar refractivity (Wildman–Crippen MR) is 119 cm³/mol. The highest BCUT2D eigenvalue weighted by Crippen LogP contribution is 2.28. The standard InChI is InChI=1S/C22H21F3N2O3S2/c1-14-5-10-18(12-19(14)21(28)29-2)32-26-11-3-4-16-13-31-20(27-16)15-6-8-17(9-7-15)30-22(23,24)25/h5-10,12-13,26H,3-4,11H2,1-2H3. The summed E-state index contributed by atoms with van der Waals surface area (Å²) in [5.74, 6) is -0.610. The summed E-state index contributed by atoms with van der Waals surface area (Å²) in [6.07, 6.45) is -3.09. The normalized spacial score (nSPS) is 11.4. The molecular formula is C22H21F3N2O3S2. The Labute approximate surface area is 192 Å². The van der Waals surface area contributed by atoms with Gasteiger partial charge in [-0.3, -0.25) is 4.72 Å². The molecule has 0 saturated carbocycles. The number of carbonyl (C=O) groups is 1. The number of esters is 1. The van der Waals surface area contributed by atoms with E-state index in [1.165, 1.54) is 42.5 Å². The number of alkyl halides is 3. The molecule has 0 spiro atoms. The van der Waals surface area contributed by atoms with E-state index in [9.17, 15) is 18.0 Å². The summed E-state index contributed by atoms with van der Waals surface area (Å²) < 4.78 is 48.7. The molecule has 0 saturated heterocycles. The molecule has 3 aromatic rings. The Morgan fingerprint density at radius 3 is 2.62 bits per heavy atom. The van der Waals surface area contributed by atoms with Crippen molar-refractivity contribution in [2.24, 2.45) is 0 Å². The molecule has 170 valence electrons. The highest BCUT2D eigenvalue weighted by molar-refractivity contribution is 7.97. The molecule has 0 atom stereocenters. The van der Waals surface area contributed by atoms with E-state index in [-0.39, 0.29) is 11.7 Å². The van der Waals surface area contributed by atoms with E-state index >= 15 is 0 Å². The zero-order valence-electron chi connectivity index (χ0n) is 17.4. The van der Waals surface area contributed by atoms with Gasteiger partial charge in [0.1, 0.15) is 10.8 Å². The van der Waals surface area contributed by atoms with E-state index in [2.05, 4.69) is 14.4 Å². The van der Waals surface area contributed by atoms with Gasteiger partial charge in [0.2, 0.25) is 0 Å². The molecular weight excluding hydrogens is 461 g/mol. The van der Waals surface area contributed by atoms with Crippen LogP contribution < -0.4 is 9.46 Å². The minimum absolute atomic E-state index is 0.256. The zero-order valence-corrected chi connectivity index (χ0v) is 19.0. The number of thiazole rings is 1. The van der Waals surface area contributed by atoms with Crippen LogP contribution in [0.15, 0.2) is 52.7 Å². The van der Waals surface area contributed by atoms with Crippen LogP contribution in [0.2, 0.25) is 0 Å². The minimum Gasteiger partial charge on any atom is -0.465 e. The van der Waals surface area contributed by atoms with Crippen molar-refractivity contribution >= 4 is 29.3 Å². The lowest BCUT2D eigenvalue weighted by Gasteiger charge is -2.08. The fraction of sp³-hybridized carbons (Fsp3) is 0.273. The zero-order chi connectivity index (χ0) is 23.1. The first kappa shape index (κ1) is 24.1. The molecule has 0 aliphatic rings. The number of aromatic nitrogens is 1. The van der Waals surface area contributed by atoms with E-state index in [1.807, 2.05) is 24.4 Å². The van der Waals surface area contributed by atoms with Gasteiger partial charge in [-0.2, -0.15) is 0 Å². The van der Waals surface area contributed by atoms with Crippen LogP contribution in [0.25, 0.3) is 10.6 Å². The fourth-order valence-corrected chi connectivity index (χ4v) is 4.41. The lowest BCUT2D eigenvalue weighted by molar-refractivity contribution is -0.274. The molecule has 1 heterocycles. The Morgan fingerprint density at radius 1 is 1.19 bits per heavy atom. The maximum absolute atomic E-state index is 12.3. The van der Waals surface area contributed by atoms with Gasteiger partial charge in [-0.1, -0.05) is 6.07 Å². The molecule has 0 aliphatic carbocycles. The van der Waals surface area contributed by atoms with Gasteiger partial charge in [-0.05, 0) is 73.7 Å². The summed E-state index contributed by atoms with van der Waals surface area (Å²) in [6.45, 7) is 2.60. The van der Waals surface area contributed by atoms with E-state index in [4.69, 9.17) is 4.74 Å². The van der Waals surface area contributed by atoms with Crippen molar-refractivity contribution in [2.45, 2.75) is 31.0 Å². The van der Waals surface area contributed by atoms with Crippen LogP contribution in [-0.4, -0.2) is 31.0 Å². The Bertz CT molecular complexity index is 1050. The number of nitrogens with one attached hydrogen (secondary N) is 1. The molecule has 1 aromatic heterocycles. The Balaban J connectivity index is 1.45. The number of hydrogen-bond donors (Lipinski definition) is 1. The maximum Gasteiger partial charge on any atom is 0.573 e. The van der Waals surface area contributed by atoms with Crippen molar-refractivity contribution < 1.29 is 27.4 Å². The SMILES string of the molecule is COC(=O)c1cc(SNCCCc2csc(-c3ccc(OC(F)(F)F)cc3)n2)ccc1C. The summed E-state index contributed by atoms with van der Waals surface area (Å²) in [6, 6.07) is 11.3. The van der Waals surface area contributed by atoms with Crippen LogP contribution in [0.5, 0.6) is 5.75 Å². The van der Waals surface area contributed by atoms with Crippen LogP contribution in [0.3, 0.4) is 0 Å². The van der Waals surface area contributed by atoms with E-state index in [0.717, 1.165) is 46.1 Å². The summed E-state index contributed by atoms with van der Waals surface area (Å²) in [5.41, 5.74) is 3.08. The Hall–Kier alpha value is -2.56. The summed E-state index contributed by atoms with van der Waals surface area (Å²) in [7, 11) is 1.36. The van der Waals surface area contributed by atoms with E-state index in [0.29, 0.717) is 5.56 Å². The third kappa shape index (κ3) is 6.98. The first-order chi connectivity index (χ1) is 15.2. The lowest BCUT2D eigenvalue weighted by Crippen LogP contribution is -2.16. The third-order valence-electron chi connectivity index (χ3n) is 4.40. The second-order valence-electron chi connectivity index (χ2n) is 6.78. The fourth-order valence-electron chi connectivity index (χ4n) is 2.82. The number of ether oxygens (including phenoxy) is 2. The second-order valence-corrected chi connectivity index (χ2v) is 8.61. The molecule has 0 fully saturated rings. The number of carbonyl (C=O) groups excluding carboxylic acids is 1. The van der Waals surface area contributed by atoms with Gasteiger partial charge >= 0.3 is 12.3 Å². The number of rotatable bonds is 9. The topological polar surface area (TPSA) is 60.5 Å². The molecule has 10 heteroatoms. The molecule has 0 unspecified atom stereocenters. The number of hydrogen-bond acceptors (Lipinski definition) is 7. The van der Waals surface area contributed by atoms with E-state index in [1.54, 1.807) is 18.2 Å². The van der Waals surface area contributed by atoms with Gasteiger partial charge in [0, 0.05) is 22.4 Å². The Morgan fingerprint density at radius 2 is 1.94 bits per heavy atom. The van der Waals surface area contributed by atoms with Gasteiger partial charge in [0.05, 0.1) is 18.4 Å². The maximum atomic E-state index is 12.3. The van der Waals surface area contributed by atoms with Gasteiger partial charge in [0.25, 0.3) is 0 Å². The molecule has 0 radical (unpaired) electrons. The van der Waals surface area contributed by atoms with Crippen molar-refractivity contribution in [2.75, 3.05) is 13.7 Å². The second kappa shape index (κ2) is 10.8. The highest BCUT2D eigenvalue weighted by Gasteiger charge is 2.31. The highest BCUT2D eigenvalue weighted by atomic mass is 32.2. The van der Waals surface area contributed by atoms with Gasteiger partial charge < -0.3 is 9.47 Å². The quantitative estimate of drug-likeness (QED) is 0.228. The number of aryl methyl sites for hydroxylation is 2. The molecule has 2 aromatic carbocycles. The number of benzene rings is 2. The monoisotopic (exact) mass is 482 g/mol. The van der Waals surface area contributed by atoms with Crippen molar-refractivity contribution in [1.82, 2.24) is 9.71 Å². The van der Waals surface area contributed by atoms with Gasteiger partial charge in [-0.25, -0.2) is 9.78 Å². The molecule has 1 N–H and O–H groups in total. The number of halogens is 3. The summed E-state index contributed by atoms with van der Waals surface area (Å²) >= 11 is 2.89. The molecule has 3 rings (SSSR count).